The second-order valence-corrected chi connectivity index (χ2v) is 7.88. The van der Waals surface area contributed by atoms with Crippen LogP contribution in [0, 0.1) is 5.92 Å². The van der Waals surface area contributed by atoms with Crippen LogP contribution in [0.1, 0.15) is 39.7 Å². The van der Waals surface area contributed by atoms with Gasteiger partial charge in [0.25, 0.3) is 0 Å². The van der Waals surface area contributed by atoms with E-state index in [0.717, 1.165) is 56.7 Å². The first-order chi connectivity index (χ1) is 13.4. The van der Waals surface area contributed by atoms with E-state index in [2.05, 4.69) is 50.0 Å². The summed E-state index contributed by atoms with van der Waals surface area (Å²) in [4.78, 5) is 7.33. The quantitative estimate of drug-likeness (QED) is 0.305. The van der Waals surface area contributed by atoms with E-state index in [9.17, 15) is 0 Å². The highest BCUT2D eigenvalue weighted by molar-refractivity contribution is 14.0. The molecule has 0 spiro atoms. The number of likely N-dealkylation sites (tertiary alicyclic amines) is 1. The Bertz CT molecular complexity index is 652. The molecule has 1 N–H and O–H groups in total. The van der Waals surface area contributed by atoms with Crippen molar-refractivity contribution in [1.29, 1.82) is 0 Å². The van der Waals surface area contributed by atoms with Crippen molar-refractivity contribution in [2.45, 2.75) is 39.5 Å². The number of hydrogen-bond donors (Lipinski definition) is 1. The molecule has 0 aromatic heterocycles. The van der Waals surface area contributed by atoms with Crippen molar-refractivity contribution in [3.05, 3.63) is 23.8 Å². The van der Waals surface area contributed by atoms with E-state index in [0.29, 0.717) is 12.5 Å². The fourth-order valence-corrected chi connectivity index (χ4v) is 3.49. The Kier molecular flexibility index (Phi) is 11.1. The van der Waals surface area contributed by atoms with Gasteiger partial charge in [-0.3, -0.25) is 4.99 Å². The summed E-state index contributed by atoms with van der Waals surface area (Å²) < 4.78 is 16.4. The molecular weight excluding hydrogens is 481 g/mol. The Labute approximate surface area is 193 Å². The minimum absolute atomic E-state index is 0. The number of halogens is 1. The third-order valence-corrected chi connectivity index (χ3v) is 5.27. The first-order valence-corrected chi connectivity index (χ1v) is 10.3. The zero-order valence-corrected chi connectivity index (χ0v) is 21.1. The van der Waals surface area contributed by atoms with Gasteiger partial charge < -0.3 is 24.4 Å². The number of methoxy groups -OCH3 is 2. The van der Waals surface area contributed by atoms with Crippen molar-refractivity contribution >= 4 is 29.9 Å². The van der Waals surface area contributed by atoms with Crippen LogP contribution in [0.25, 0.3) is 0 Å². The molecule has 0 saturated carbocycles. The van der Waals surface area contributed by atoms with Gasteiger partial charge in [-0.05, 0) is 38.0 Å². The first-order valence-electron chi connectivity index (χ1n) is 10.3. The molecule has 1 saturated heterocycles. The van der Waals surface area contributed by atoms with Crippen molar-refractivity contribution < 1.29 is 14.2 Å². The molecule has 29 heavy (non-hydrogen) atoms. The maximum atomic E-state index is 5.61. The number of aliphatic imine (C=N–C) groups is 1. The minimum atomic E-state index is -0.120. The average Bonchev–Trinajstić information content (AvgIpc) is 3.17. The van der Waals surface area contributed by atoms with Gasteiger partial charge in [-0.1, -0.05) is 19.9 Å². The summed E-state index contributed by atoms with van der Waals surface area (Å²) in [5.74, 6) is 3.08. The van der Waals surface area contributed by atoms with E-state index in [1.807, 2.05) is 6.07 Å². The summed E-state index contributed by atoms with van der Waals surface area (Å²) in [7, 11) is 3.33. The van der Waals surface area contributed by atoms with E-state index in [-0.39, 0.29) is 29.4 Å². The van der Waals surface area contributed by atoms with Gasteiger partial charge in [-0.25, -0.2) is 0 Å². The van der Waals surface area contributed by atoms with Gasteiger partial charge in [-0.15, -0.1) is 24.0 Å². The summed E-state index contributed by atoms with van der Waals surface area (Å²) in [5, 5.41) is 3.46. The number of hydrogen-bond acceptors (Lipinski definition) is 4. The van der Waals surface area contributed by atoms with Crippen LogP contribution in [0.4, 0.5) is 0 Å². The highest BCUT2D eigenvalue weighted by Crippen LogP contribution is 2.33. The molecule has 1 fully saturated rings. The van der Waals surface area contributed by atoms with Crippen molar-refractivity contribution in [1.82, 2.24) is 10.2 Å². The van der Waals surface area contributed by atoms with Gasteiger partial charge in [0.2, 0.25) is 0 Å². The lowest BCUT2D eigenvalue weighted by Gasteiger charge is -2.27. The Hall–Kier alpha value is -1.22. The molecule has 1 atom stereocenters. The topological polar surface area (TPSA) is 55.3 Å². The molecule has 0 aliphatic carbocycles. The van der Waals surface area contributed by atoms with Crippen LogP contribution in [0.15, 0.2) is 23.2 Å². The lowest BCUT2D eigenvalue weighted by Crippen LogP contribution is -2.41. The molecule has 1 unspecified atom stereocenters. The summed E-state index contributed by atoms with van der Waals surface area (Å²) in [5.41, 5.74) is 1.06. The maximum absolute atomic E-state index is 5.61. The Morgan fingerprint density at radius 3 is 2.55 bits per heavy atom. The molecule has 166 valence electrons. The Balaban J connectivity index is 0.00000420. The third kappa shape index (κ3) is 7.20. The number of nitrogens with one attached hydrogen (secondary N) is 1. The SMILES string of the molecule is CCNC(=NCC(C)(C)c1ccc(OC)c(OC)c1)N1CCC(COCC)C1.I. The van der Waals surface area contributed by atoms with Gasteiger partial charge in [0, 0.05) is 37.6 Å². The monoisotopic (exact) mass is 519 g/mol. The predicted molar refractivity (Wildman–Crippen MR) is 130 cm³/mol. The van der Waals surface area contributed by atoms with Gasteiger partial charge in [0.15, 0.2) is 17.5 Å². The number of guanidine groups is 1. The first kappa shape index (κ1) is 25.8. The normalized spacial score (nSPS) is 17.1. The lowest BCUT2D eigenvalue weighted by molar-refractivity contribution is 0.114. The second kappa shape index (κ2) is 12.5. The van der Waals surface area contributed by atoms with Crippen LogP contribution in [-0.4, -0.2) is 64.5 Å². The van der Waals surface area contributed by atoms with Gasteiger partial charge >= 0.3 is 0 Å². The minimum Gasteiger partial charge on any atom is -0.493 e. The van der Waals surface area contributed by atoms with Crippen LogP contribution in [0.3, 0.4) is 0 Å². The molecule has 6 nitrogen and oxygen atoms in total. The molecular formula is C22H38IN3O3. The van der Waals surface area contributed by atoms with Crippen molar-refractivity contribution in [3.8, 4) is 11.5 Å². The van der Waals surface area contributed by atoms with Crippen LogP contribution in [-0.2, 0) is 10.2 Å². The van der Waals surface area contributed by atoms with Gasteiger partial charge in [0.1, 0.15) is 0 Å². The molecule has 1 aliphatic rings. The van der Waals surface area contributed by atoms with E-state index in [4.69, 9.17) is 19.2 Å². The zero-order chi connectivity index (χ0) is 20.6. The predicted octanol–water partition coefficient (Wildman–Crippen LogP) is 3.92. The van der Waals surface area contributed by atoms with Crippen LogP contribution >= 0.6 is 24.0 Å². The summed E-state index contributed by atoms with van der Waals surface area (Å²) in [6, 6.07) is 6.11. The molecule has 1 aliphatic heterocycles. The van der Waals surface area contributed by atoms with Crippen molar-refractivity contribution in [3.63, 3.8) is 0 Å². The van der Waals surface area contributed by atoms with Crippen LogP contribution in [0.2, 0.25) is 0 Å². The Morgan fingerprint density at radius 2 is 1.93 bits per heavy atom. The van der Waals surface area contributed by atoms with Gasteiger partial charge in [0.05, 0.1) is 27.4 Å². The van der Waals surface area contributed by atoms with E-state index >= 15 is 0 Å². The zero-order valence-electron chi connectivity index (χ0n) is 18.8. The van der Waals surface area contributed by atoms with Crippen molar-refractivity contribution in [2.75, 3.05) is 53.6 Å². The smallest absolute Gasteiger partial charge is 0.193 e. The highest BCUT2D eigenvalue weighted by atomic mass is 127. The largest absolute Gasteiger partial charge is 0.493 e. The number of ether oxygens (including phenoxy) is 3. The number of nitrogens with zero attached hydrogens (tertiary/aromatic N) is 2. The summed E-state index contributed by atoms with van der Waals surface area (Å²) >= 11 is 0. The summed E-state index contributed by atoms with van der Waals surface area (Å²) in [6.07, 6.45) is 1.16. The number of rotatable bonds is 9. The maximum Gasteiger partial charge on any atom is 0.193 e. The third-order valence-electron chi connectivity index (χ3n) is 5.27. The van der Waals surface area contributed by atoms with Gasteiger partial charge in [-0.2, -0.15) is 0 Å². The molecule has 1 aromatic rings. The second-order valence-electron chi connectivity index (χ2n) is 7.88. The molecule has 1 heterocycles. The highest BCUT2D eigenvalue weighted by Gasteiger charge is 2.27. The van der Waals surface area contributed by atoms with Crippen LogP contribution < -0.4 is 14.8 Å². The van der Waals surface area contributed by atoms with E-state index < -0.39 is 0 Å². The Morgan fingerprint density at radius 1 is 1.21 bits per heavy atom. The fraction of sp³-hybridized carbons (Fsp3) is 0.682. The molecule has 2 rings (SSSR count). The lowest BCUT2D eigenvalue weighted by atomic mass is 9.84. The molecule has 7 heteroatoms. The summed E-state index contributed by atoms with van der Waals surface area (Å²) in [6.45, 7) is 13.8. The number of benzene rings is 1. The standard InChI is InChI=1S/C22H37N3O3.HI/c1-7-23-21(25-12-11-17(14-25)15-28-8-2)24-16-22(3,4)18-9-10-19(26-5)20(13-18)27-6;/h9-10,13,17H,7-8,11-12,14-16H2,1-6H3,(H,23,24);1H. The molecule has 1 aromatic carbocycles. The van der Waals surface area contributed by atoms with E-state index in [1.165, 1.54) is 5.56 Å². The fourth-order valence-electron chi connectivity index (χ4n) is 3.49. The van der Waals surface area contributed by atoms with Crippen LogP contribution in [0.5, 0.6) is 11.5 Å². The van der Waals surface area contributed by atoms with E-state index in [1.54, 1.807) is 14.2 Å². The molecule has 0 radical (unpaired) electrons. The average molecular weight is 519 g/mol. The molecule has 0 amide bonds. The molecule has 0 bridgehead atoms. The van der Waals surface area contributed by atoms with Crippen molar-refractivity contribution in [2.24, 2.45) is 10.9 Å².